The molecule has 0 aliphatic carbocycles. The summed E-state index contributed by atoms with van der Waals surface area (Å²) in [6.45, 7) is 1.70. The molecule has 0 spiro atoms. The number of rotatable bonds is 7. The fourth-order valence-corrected chi connectivity index (χ4v) is 2.40. The molecule has 2 aromatic rings. The van der Waals surface area contributed by atoms with Crippen LogP contribution in [0.2, 0.25) is 0 Å². The van der Waals surface area contributed by atoms with Crippen molar-refractivity contribution in [3.8, 4) is 23.3 Å². The number of halogens is 3. The Kier molecular flexibility index (Phi) is 6.72. The van der Waals surface area contributed by atoms with Gasteiger partial charge in [-0.3, -0.25) is 4.79 Å². The minimum Gasteiger partial charge on any atom is -0.489 e. The maximum Gasteiger partial charge on any atom is 0.573 e. The zero-order valence-corrected chi connectivity index (χ0v) is 14.4. The maximum absolute atomic E-state index is 12.3. The molecule has 142 valence electrons. The molecule has 2 aromatic carbocycles. The number of benzene rings is 2. The maximum atomic E-state index is 12.3. The lowest BCUT2D eigenvalue weighted by Gasteiger charge is -2.12. The largest absolute Gasteiger partial charge is 0.573 e. The summed E-state index contributed by atoms with van der Waals surface area (Å²) in [5.41, 5.74) is 1.26. The van der Waals surface area contributed by atoms with Gasteiger partial charge in [-0.25, -0.2) is 0 Å². The normalized spacial score (nSPS) is 11.9. The SMILES string of the molecule is CC#C[C@@H](CC(=O)O)c1ccc(OCc2cccc(OC(F)(F)F)c2)cc1. The first-order chi connectivity index (χ1) is 12.8. The molecule has 0 saturated heterocycles. The lowest BCUT2D eigenvalue weighted by molar-refractivity contribution is -0.274. The van der Waals surface area contributed by atoms with Crippen LogP contribution in [-0.2, 0) is 11.4 Å². The third kappa shape index (κ3) is 6.94. The standard InChI is InChI=1S/C20H17F3O4/c1-2-4-16(12-19(24)25)15-7-9-17(10-8-15)26-13-14-5-3-6-18(11-14)27-20(21,22)23/h3,5-11,16H,12-13H2,1H3,(H,24,25)/t16-/m0/s1. The van der Waals surface area contributed by atoms with E-state index in [-0.39, 0.29) is 18.8 Å². The van der Waals surface area contributed by atoms with Gasteiger partial charge in [-0.15, -0.1) is 19.1 Å². The predicted octanol–water partition coefficient (Wildman–Crippen LogP) is 4.75. The Hall–Kier alpha value is -3.14. The molecule has 0 saturated carbocycles. The van der Waals surface area contributed by atoms with Crippen LogP contribution in [-0.4, -0.2) is 17.4 Å². The average Bonchev–Trinajstić information content (AvgIpc) is 2.58. The number of hydrogen-bond acceptors (Lipinski definition) is 3. The summed E-state index contributed by atoms with van der Waals surface area (Å²) >= 11 is 0. The molecule has 1 atom stereocenters. The Morgan fingerprint density at radius 3 is 2.44 bits per heavy atom. The summed E-state index contributed by atoms with van der Waals surface area (Å²) in [4.78, 5) is 10.9. The molecule has 0 aliphatic rings. The Morgan fingerprint density at radius 2 is 1.85 bits per heavy atom. The number of carboxylic acids is 1. The van der Waals surface area contributed by atoms with Crippen LogP contribution in [0.25, 0.3) is 0 Å². The van der Waals surface area contributed by atoms with Crippen molar-refractivity contribution in [3.63, 3.8) is 0 Å². The second kappa shape index (κ2) is 8.99. The Balaban J connectivity index is 2.01. The smallest absolute Gasteiger partial charge is 0.489 e. The van der Waals surface area contributed by atoms with Gasteiger partial charge in [-0.1, -0.05) is 30.2 Å². The molecule has 0 fully saturated rings. The molecule has 0 heterocycles. The van der Waals surface area contributed by atoms with E-state index in [2.05, 4.69) is 16.6 Å². The van der Waals surface area contributed by atoms with Crippen LogP contribution in [0.3, 0.4) is 0 Å². The highest BCUT2D eigenvalue weighted by atomic mass is 19.4. The van der Waals surface area contributed by atoms with Gasteiger partial charge in [-0.05, 0) is 42.3 Å². The predicted molar refractivity (Wildman–Crippen MR) is 92.3 cm³/mol. The summed E-state index contributed by atoms with van der Waals surface area (Å²) in [5, 5.41) is 8.96. The molecule has 7 heteroatoms. The summed E-state index contributed by atoms with van der Waals surface area (Å²) in [6.07, 6.45) is -4.85. The second-order valence-corrected chi connectivity index (χ2v) is 5.60. The van der Waals surface area contributed by atoms with Crippen molar-refractivity contribution >= 4 is 5.97 Å². The second-order valence-electron chi connectivity index (χ2n) is 5.60. The van der Waals surface area contributed by atoms with E-state index in [4.69, 9.17) is 9.84 Å². The number of aliphatic carboxylic acids is 1. The first-order valence-corrected chi connectivity index (χ1v) is 7.98. The Morgan fingerprint density at radius 1 is 1.15 bits per heavy atom. The van der Waals surface area contributed by atoms with Crippen LogP contribution < -0.4 is 9.47 Å². The van der Waals surface area contributed by atoms with Gasteiger partial charge in [0.1, 0.15) is 18.1 Å². The van der Waals surface area contributed by atoms with Gasteiger partial charge >= 0.3 is 12.3 Å². The highest BCUT2D eigenvalue weighted by molar-refractivity contribution is 5.69. The van der Waals surface area contributed by atoms with Crippen LogP contribution in [0.15, 0.2) is 48.5 Å². The molecule has 0 amide bonds. The van der Waals surface area contributed by atoms with Crippen molar-refractivity contribution in [1.82, 2.24) is 0 Å². The summed E-state index contributed by atoms with van der Waals surface area (Å²) in [7, 11) is 0. The molecule has 1 N–H and O–H groups in total. The summed E-state index contributed by atoms with van der Waals surface area (Å²) in [6, 6.07) is 12.3. The molecule has 0 aliphatic heterocycles. The molecular formula is C20H17F3O4. The third-order valence-electron chi connectivity index (χ3n) is 3.52. The molecule has 0 bridgehead atoms. The van der Waals surface area contributed by atoms with Crippen molar-refractivity contribution in [3.05, 3.63) is 59.7 Å². The van der Waals surface area contributed by atoms with E-state index in [1.165, 1.54) is 18.2 Å². The molecule has 0 radical (unpaired) electrons. The summed E-state index contributed by atoms with van der Waals surface area (Å²) < 4.78 is 46.2. The van der Waals surface area contributed by atoms with Crippen LogP contribution in [0.4, 0.5) is 13.2 Å². The fraction of sp³-hybridized carbons (Fsp3) is 0.250. The summed E-state index contributed by atoms with van der Waals surface area (Å²) in [5.74, 6) is 4.40. The average molecular weight is 378 g/mol. The van der Waals surface area contributed by atoms with Crippen LogP contribution >= 0.6 is 0 Å². The molecule has 2 rings (SSSR count). The molecule has 4 nitrogen and oxygen atoms in total. The highest BCUT2D eigenvalue weighted by Gasteiger charge is 2.31. The lowest BCUT2D eigenvalue weighted by Crippen LogP contribution is -2.17. The van der Waals surface area contributed by atoms with Crippen molar-refractivity contribution in [1.29, 1.82) is 0 Å². The highest BCUT2D eigenvalue weighted by Crippen LogP contribution is 2.25. The van der Waals surface area contributed by atoms with E-state index >= 15 is 0 Å². The van der Waals surface area contributed by atoms with Crippen molar-refractivity contribution in [2.24, 2.45) is 0 Å². The van der Waals surface area contributed by atoms with Gasteiger partial charge in [0.05, 0.1) is 12.3 Å². The van der Waals surface area contributed by atoms with E-state index < -0.39 is 18.2 Å². The first-order valence-electron chi connectivity index (χ1n) is 7.98. The quantitative estimate of drug-likeness (QED) is 0.707. The van der Waals surface area contributed by atoms with Crippen LogP contribution in [0, 0.1) is 11.8 Å². The van der Waals surface area contributed by atoms with Gasteiger partial charge < -0.3 is 14.6 Å². The Bertz CT molecular complexity index is 833. The zero-order chi connectivity index (χ0) is 19.9. The van der Waals surface area contributed by atoms with Crippen molar-refractivity contribution in [2.45, 2.75) is 32.2 Å². The monoisotopic (exact) mass is 378 g/mol. The lowest BCUT2D eigenvalue weighted by atomic mass is 9.96. The first kappa shape index (κ1) is 20.2. The third-order valence-corrected chi connectivity index (χ3v) is 3.52. The minimum absolute atomic E-state index is 0.0573. The van der Waals surface area contributed by atoms with Crippen LogP contribution in [0.5, 0.6) is 11.5 Å². The van der Waals surface area contributed by atoms with E-state index in [0.717, 1.165) is 5.56 Å². The number of ether oxygens (including phenoxy) is 2. The van der Waals surface area contributed by atoms with Crippen LogP contribution in [0.1, 0.15) is 30.4 Å². The van der Waals surface area contributed by atoms with Gasteiger partial charge in [0.2, 0.25) is 0 Å². The fourth-order valence-electron chi connectivity index (χ4n) is 2.40. The molecule has 0 unspecified atom stereocenters. The van der Waals surface area contributed by atoms with Gasteiger partial charge in [0.15, 0.2) is 0 Å². The van der Waals surface area contributed by atoms with E-state index in [1.54, 1.807) is 37.3 Å². The van der Waals surface area contributed by atoms with E-state index in [0.29, 0.717) is 11.3 Å². The zero-order valence-electron chi connectivity index (χ0n) is 14.4. The topological polar surface area (TPSA) is 55.8 Å². The molecular weight excluding hydrogens is 361 g/mol. The minimum atomic E-state index is -4.75. The van der Waals surface area contributed by atoms with Gasteiger partial charge in [-0.2, -0.15) is 0 Å². The number of carboxylic acid groups (broad SMARTS) is 1. The van der Waals surface area contributed by atoms with Gasteiger partial charge in [0.25, 0.3) is 0 Å². The number of hydrogen-bond donors (Lipinski definition) is 1. The van der Waals surface area contributed by atoms with E-state index in [1.807, 2.05) is 0 Å². The van der Waals surface area contributed by atoms with E-state index in [9.17, 15) is 18.0 Å². The van der Waals surface area contributed by atoms with Crippen molar-refractivity contribution < 1.29 is 32.5 Å². The van der Waals surface area contributed by atoms with Gasteiger partial charge in [0, 0.05) is 0 Å². The Labute approximate surface area is 154 Å². The van der Waals surface area contributed by atoms with Crippen molar-refractivity contribution in [2.75, 3.05) is 0 Å². The number of alkyl halides is 3. The molecule has 27 heavy (non-hydrogen) atoms. The molecule has 0 aromatic heterocycles. The number of carbonyl (C=O) groups is 1.